The standard InChI is InChI=1S/C21H26O2/c1-14-12-13-15(2)20(22)19(14)17-10-7-11-18(17)21(23-3)16-8-5-4-6-9-16/h4-6,8-9,12-13,17-18,21-22H,7,10-11H2,1-3H3/t17-,18+,21?/m0/s1. The number of phenolic OH excluding ortho intramolecular Hbond substituents is 1. The van der Waals surface area contributed by atoms with Gasteiger partial charge in [0.2, 0.25) is 0 Å². The molecule has 1 aliphatic carbocycles. The van der Waals surface area contributed by atoms with Crippen molar-refractivity contribution in [3.63, 3.8) is 0 Å². The van der Waals surface area contributed by atoms with E-state index in [1.807, 2.05) is 19.1 Å². The Morgan fingerprint density at radius 3 is 2.39 bits per heavy atom. The highest BCUT2D eigenvalue weighted by molar-refractivity contribution is 5.47. The van der Waals surface area contributed by atoms with Crippen molar-refractivity contribution in [2.24, 2.45) is 5.92 Å². The first-order chi connectivity index (χ1) is 11.1. The van der Waals surface area contributed by atoms with Gasteiger partial charge in [0.1, 0.15) is 5.75 Å². The predicted molar refractivity (Wildman–Crippen MR) is 93.9 cm³/mol. The summed E-state index contributed by atoms with van der Waals surface area (Å²) in [5.41, 5.74) is 4.51. The number of rotatable bonds is 4. The first-order valence-corrected chi connectivity index (χ1v) is 8.50. The molecule has 2 heteroatoms. The predicted octanol–water partition coefficient (Wildman–Crippen LogP) is 5.28. The minimum Gasteiger partial charge on any atom is -0.507 e. The lowest BCUT2D eigenvalue weighted by Gasteiger charge is -2.30. The Kier molecular flexibility index (Phi) is 4.72. The largest absolute Gasteiger partial charge is 0.507 e. The summed E-state index contributed by atoms with van der Waals surface area (Å²) in [5, 5.41) is 10.6. The number of ether oxygens (including phenoxy) is 1. The summed E-state index contributed by atoms with van der Waals surface area (Å²) in [6, 6.07) is 14.6. The summed E-state index contributed by atoms with van der Waals surface area (Å²) in [5.74, 6) is 1.25. The van der Waals surface area contributed by atoms with Crippen molar-refractivity contribution >= 4 is 0 Å². The molecule has 1 fully saturated rings. The van der Waals surface area contributed by atoms with Gasteiger partial charge in [-0.25, -0.2) is 0 Å². The van der Waals surface area contributed by atoms with Gasteiger partial charge in [0.25, 0.3) is 0 Å². The SMILES string of the molecule is COC(c1ccccc1)[C@@H]1CCC[C@@H]1c1c(C)ccc(C)c1O. The molecular formula is C21H26O2. The molecule has 2 nitrogen and oxygen atoms in total. The van der Waals surface area contributed by atoms with E-state index in [0.29, 0.717) is 17.6 Å². The van der Waals surface area contributed by atoms with Crippen LogP contribution < -0.4 is 0 Å². The fraction of sp³-hybridized carbons (Fsp3) is 0.429. The maximum absolute atomic E-state index is 10.6. The lowest BCUT2D eigenvalue weighted by atomic mass is 9.80. The fourth-order valence-electron chi connectivity index (χ4n) is 4.20. The average molecular weight is 310 g/mol. The topological polar surface area (TPSA) is 29.5 Å². The minimum absolute atomic E-state index is 0.0861. The van der Waals surface area contributed by atoms with Gasteiger partial charge in [0.05, 0.1) is 6.10 Å². The third-order valence-electron chi connectivity index (χ3n) is 5.35. The molecule has 0 aliphatic heterocycles. The summed E-state index contributed by atoms with van der Waals surface area (Å²) in [6.45, 7) is 4.08. The lowest BCUT2D eigenvalue weighted by molar-refractivity contribution is 0.0464. The van der Waals surface area contributed by atoms with Crippen LogP contribution in [0.25, 0.3) is 0 Å². The van der Waals surface area contributed by atoms with Gasteiger partial charge in [-0.05, 0) is 55.2 Å². The Morgan fingerprint density at radius 1 is 1.00 bits per heavy atom. The number of benzene rings is 2. The third-order valence-corrected chi connectivity index (χ3v) is 5.35. The molecule has 122 valence electrons. The van der Waals surface area contributed by atoms with Crippen LogP contribution in [0, 0.1) is 19.8 Å². The Morgan fingerprint density at radius 2 is 1.70 bits per heavy atom. The molecule has 1 N–H and O–H groups in total. The van der Waals surface area contributed by atoms with Gasteiger partial charge in [-0.1, -0.05) is 48.9 Å². The van der Waals surface area contributed by atoms with Crippen LogP contribution >= 0.6 is 0 Å². The second kappa shape index (κ2) is 6.76. The minimum atomic E-state index is 0.0861. The Balaban J connectivity index is 1.99. The van der Waals surface area contributed by atoms with Crippen LogP contribution in [0.4, 0.5) is 0 Å². The van der Waals surface area contributed by atoms with E-state index in [2.05, 4.69) is 37.3 Å². The van der Waals surface area contributed by atoms with E-state index in [1.54, 1.807) is 7.11 Å². The van der Waals surface area contributed by atoms with Gasteiger partial charge in [0, 0.05) is 12.7 Å². The van der Waals surface area contributed by atoms with E-state index in [4.69, 9.17) is 4.74 Å². The molecule has 2 aromatic carbocycles. The molecule has 0 amide bonds. The molecule has 0 aromatic heterocycles. The maximum Gasteiger partial charge on any atom is 0.122 e. The summed E-state index contributed by atoms with van der Waals surface area (Å²) < 4.78 is 5.90. The highest BCUT2D eigenvalue weighted by atomic mass is 16.5. The number of methoxy groups -OCH3 is 1. The van der Waals surface area contributed by atoms with Crippen LogP contribution in [-0.4, -0.2) is 12.2 Å². The first kappa shape index (κ1) is 16.1. The molecular weight excluding hydrogens is 284 g/mol. The fourth-order valence-corrected chi connectivity index (χ4v) is 4.20. The van der Waals surface area contributed by atoms with Crippen LogP contribution in [0.1, 0.15) is 53.5 Å². The van der Waals surface area contributed by atoms with Gasteiger partial charge >= 0.3 is 0 Å². The highest BCUT2D eigenvalue weighted by Crippen LogP contribution is 2.50. The molecule has 0 saturated heterocycles. The zero-order valence-electron chi connectivity index (χ0n) is 14.3. The molecule has 1 saturated carbocycles. The molecule has 23 heavy (non-hydrogen) atoms. The lowest BCUT2D eigenvalue weighted by Crippen LogP contribution is -2.19. The summed E-state index contributed by atoms with van der Waals surface area (Å²) in [4.78, 5) is 0. The Labute approximate surface area is 139 Å². The van der Waals surface area contributed by atoms with Gasteiger partial charge in [0.15, 0.2) is 0 Å². The second-order valence-electron chi connectivity index (χ2n) is 6.73. The summed E-state index contributed by atoms with van der Waals surface area (Å²) in [6.07, 6.45) is 3.54. The van der Waals surface area contributed by atoms with Crippen molar-refractivity contribution in [2.75, 3.05) is 7.11 Å². The molecule has 0 heterocycles. The van der Waals surface area contributed by atoms with Crippen molar-refractivity contribution in [1.82, 2.24) is 0 Å². The van der Waals surface area contributed by atoms with Crippen molar-refractivity contribution in [3.8, 4) is 5.75 Å². The van der Waals surface area contributed by atoms with Gasteiger partial charge in [-0.15, -0.1) is 0 Å². The van der Waals surface area contributed by atoms with Crippen LogP contribution in [0.15, 0.2) is 42.5 Å². The van der Waals surface area contributed by atoms with Crippen molar-refractivity contribution in [1.29, 1.82) is 0 Å². The van der Waals surface area contributed by atoms with E-state index in [1.165, 1.54) is 17.5 Å². The van der Waals surface area contributed by atoms with Gasteiger partial charge in [-0.3, -0.25) is 0 Å². The van der Waals surface area contributed by atoms with E-state index < -0.39 is 0 Å². The van der Waals surface area contributed by atoms with Crippen LogP contribution in [0.3, 0.4) is 0 Å². The second-order valence-corrected chi connectivity index (χ2v) is 6.73. The van der Waals surface area contributed by atoms with E-state index in [9.17, 15) is 5.11 Å². The Bertz CT molecular complexity index is 663. The molecule has 3 atom stereocenters. The molecule has 0 spiro atoms. The Hall–Kier alpha value is -1.80. The molecule has 2 aromatic rings. The van der Waals surface area contributed by atoms with Crippen molar-refractivity contribution < 1.29 is 9.84 Å². The summed E-state index contributed by atoms with van der Waals surface area (Å²) >= 11 is 0. The molecule has 3 rings (SSSR count). The molecule has 0 bridgehead atoms. The van der Waals surface area contributed by atoms with Gasteiger partial charge < -0.3 is 9.84 Å². The third kappa shape index (κ3) is 3.00. The quantitative estimate of drug-likeness (QED) is 0.832. The number of hydrogen-bond acceptors (Lipinski definition) is 2. The highest BCUT2D eigenvalue weighted by Gasteiger charge is 2.37. The van der Waals surface area contributed by atoms with Crippen molar-refractivity contribution in [2.45, 2.75) is 45.1 Å². The zero-order chi connectivity index (χ0) is 16.4. The first-order valence-electron chi connectivity index (χ1n) is 8.50. The van der Waals surface area contributed by atoms with E-state index in [0.717, 1.165) is 24.0 Å². The van der Waals surface area contributed by atoms with Gasteiger partial charge in [-0.2, -0.15) is 0 Å². The number of hydrogen-bond donors (Lipinski definition) is 1. The zero-order valence-corrected chi connectivity index (χ0v) is 14.3. The van der Waals surface area contributed by atoms with Crippen LogP contribution in [-0.2, 0) is 4.74 Å². The smallest absolute Gasteiger partial charge is 0.122 e. The maximum atomic E-state index is 10.6. The summed E-state index contributed by atoms with van der Waals surface area (Å²) in [7, 11) is 1.80. The van der Waals surface area contributed by atoms with Crippen molar-refractivity contribution in [3.05, 3.63) is 64.7 Å². The number of aromatic hydroxyl groups is 1. The number of aryl methyl sites for hydroxylation is 2. The normalized spacial score (nSPS) is 22.2. The average Bonchev–Trinajstić information content (AvgIpc) is 3.02. The van der Waals surface area contributed by atoms with Crippen LogP contribution in [0.2, 0.25) is 0 Å². The molecule has 0 radical (unpaired) electrons. The number of phenols is 1. The monoisotopic (exact) mass is 310 g/mol. The van der Waals surface area contributed by atoms with Crippen LogP contribution in [0.5, 0.6) is 5.75 Å². The molecule has 1 aliphatic rings. The van der Waals surface area contributed by atoms with E-state index in [-0.39, 0.29) is 6.10 Å². The van der Waals surface area contributed by atoms with E-state index >= 15 is 0 Å². The molecule has 1 unspecified atom stereocenters.